The lowest BCUT2D eigenvalue weighted by Gasteiger charge is -2.21. The molecule has 2 aromatic carbocycles. The van der Waals surface area contributed by atoms with Gasteiger partial charge in [0.05, 0.1) is 6.04 Å². The number of halogens is 4. The van der Waals surface area contributed by atoms with Crippen LogP contribution in [-0.2, 0) is 0 Å². The highest BCUT2D eigenvalue weighted by Crippen LogP contribution is 2.34. The number of rotatable bonds is 3. The maximum Gasteiger partial charge on any atom is 0.127 e. The van der Waals surface area contributed by atoms with E-state index in [1.165, 1.54) is 6.07 Å². The van der Waals surface area contributed by atoms with Gasteiger partial charge in [-0.15, -0.1) is 0 Å². The minimum atomic E-state index is -0.282. The molecule has 1 unspecified atom stereocenters. The van der Waals surface area contributed by atoms with E-state index in [1.807, 2.05) is 19.2 Å². The average Bonchev–Trinajstić information content (AvgIpc) is 2.40. The third kappa shape index (κ3) is 3.35. The summed E-state index contributed by atoms with van der Waals surface area (Å²) in [6.45, 7) is 1.74. The highest BCUT2D eigenvalue weighted by Gasteiger charge is 2.19. The number of hydrogen-bond acceptors (Lipinski definition) is 1. The highest BCUT2D eigenvalue weighted by atomic mass is 127. The van der Waals surface area contributed by atoms with Crippen molar-refractivity contribution < 1.29 is 4.39 Å². The van der Waals surface area contributed by atoms with Gasteiger partial charge in [0, 0.05) is 13.1 Å². The minimum Gasteiger partial charge on any atom is -0.309 e. The number of aryl methyl sites for hydroxylation is 1. The van der Waals surface area contributed by atoms with Crippen LogP contribution in [0.4, 0.5) is 4.39 Å². The third-order valence-corrected chi connectivity index (χ3v) is 4.87. The Balaban J connectivity index is 2.58. The van der Waals surface area contributed by atoms with Crippen molar-refractivity contribution in [3.8, 4) is 0 Å². The smallest absolute Gasteiger partial charge is 0.127 e. The minimum absolute atomic E-state index is 0.0918. The van der Waals surface area contributed by atoms with Gasteiger partial charge in [0.25, 0.3) is 0 Å². The summed E-state index contributed by atoms with van der Waals surface area (Å²) in [7, 11) is 1.87. The number of hydrogen-bond donors (Lipinski definition) is 1. The van der Waals surface area contributed by atoms with Crippen molar-refractivity contribution in [2.45, 2.75) is 13.0 Å². The Morgan fingerprint density at radius 1 is 1.25 bits per heavy atom. The number of nitrogens with one attached hydrogen (secondary N) is 1. The van der Waals surface area contributed by atoms with Gasteiger partial charge in [-0.05, 0) is 83.6 Å². The molecule has 5 heteroatoms. The zero-order chi connectivity index (χ0) is 14.9. The molecule has 0 heterocycles. The van der Waals surface area contributed by atoms with Crippen molar-refractivity contribution in [2.24, 2.45) is 0 Å². The summed E-state index contributed by atoms with van der Waals surface area (Å²) in [5.41, 5.74) is 2.54. The molecule has 0 spiro atoms. The van der Waals surface area contributed by atoms with Crippen LogP contribution in [0, 0.1) is 16.3 Å². The Morgan fingerprint density at radius 3 is 2.60 bits per heavy atom. The molecule has 1 N–H and O–H groups in total. The lowest BCUT2D eigenvalue weighted by atomic mass is 9.97. The molecule has 0 saturated heterocycles. The van der Waals surface area contributed by atoms with Crippen LogP contribution < -0.4 is 5.32 Å². The molecule has 0 aliphatic rings. The Bertz CT molecular complexity index is 648. The Hall–Kier alpha value is -0.170. The fourth-order valence-corrected chi connectivity index (χ4v) is 3.37. The van der Waals surface area contributed by atoms with E-state index in [0.29, 0.717) is 10.6 Å². The predicted molar refractivity (Wildman–Crippen MR) is 93.9 cm³/mol. The van der Waals surface area contributed by atoms with Gasteiger partial charge < -0.3 is 5.32 Å². The molecule has 0 radical (unpaired) electrons. The molecule has 1 atom stereocenters. The van der Waals surface area contributed by atoms with Crippen LogP contribution in [0.25, 0.3) is 0 Å². The largest absolute Gasteiger partial charge is 0.309 e. The van der Waals surface area contributed by atoms with E-state index in [0.717, 1.165) is 19.2 Å². The fourth-order valence-electron chi connectivity index (χ4n) is 2.12. The van der Waals surface area contributed by atoms with E-state index in [2.05, 4.69) is 49.9 Å². The molecule has 0 aliphatic carbocycles. The van der Waals surface area contributed by atoms with E-state index >= 15 is 0 Å². The standard InChI is InChI=1S/C15H13BrClFIN/c1-8-5-11(13(17)7-14(8)18)15(20-2)10-6-9(19)3-4-12(10)16/h3-7,15,20H,1-2H3. The predicted octanol–water partition coefficient (Wildman–Crippen LogP) is 5.46. The first-order chi connectivity index (χ1) is 9.43. The lowest BCUT2D eigenvalue weighted by Crippen LogP contribution is -2.19. The molecule has 0 aromatic heterocycles. The second kappa shape index (κ2) is 6.73. The van der Waals surface area contributed by atoms with Crippen LogP contribution >= 0.6 is 50.1 Å². The first kappa shape index (κ1) is 16.2. The van der Waals surface area contributed by atoms with Gasteiger partial charge >= 0.3 is 0 Å². The lowest BCUT2D eigenvalue weighted by molar-refractivity contribution is 0.614. The monoisotopic (exact) mass is 467 g/mol. The summed E-state index contributed by atoms with van der Waals surface area (Å²) in [5, 5.41) is 3.68. The maximum atomic E-state index is 13.6. The molecule has 0 aliphatic heterocycles. The third-order valence-electron chi connectivity index (χ3n) is 3.15. The van der Waals surface area contributed by atoms with E-state index in [1.54, 1.807) is 13.0 Å². The number of benzene rings is 2. The second-order valence-corrected chi connectivity index (χ2v) is 7.02. The molecule has 106 valence electrons. The van der Waals surface area contributed by atoms with Gasteiger partial charge in [-0.2, -0.15) is 0 Å². The molecule has 20 heavy (non-hydrogen) atoms. The van der Waals surface area contributed by atoms with Crippen molar-refractivity contribution in [3.63, 3.8) is 0 Å². The zero-order valence-electron chi connectivity index (χ0n) is 11.0. The van der Waals surface area contributed by atoms with Crippen molar-refractivity contribution in [1.82, 2.24) is 5.32 Å². The quantitative estimate of drug-likeness (QED) is 0.590. The van der Waals surface area contributed by atoms with Crippen LogP contribution in [0.5, 0.6) is 0 Å². The topological polar surface area (TPSA) is 12.0 Å². The Morgan fingerprint density at radius 2 is 1.95 bits per heavy atom. The summed E-state index contributed by atoms with van der Waals surface area (Å²) in [4.78, 5) is 0. The van der Waals surface area contributed by atoms with E-state index in [-0.39, 0.29) is 11.9 Å². The van der Waals surface area contributed by atoms with Gasteiger partial charge in [-0.3, -0.25) is 0 Å². The van der Waals surface area contributed by atoms with Gasteiger partial charge in [0.15, 0.2) is 0 Å². The summed E-state index contributed by atoms with van der Waals surface area (Å²) in [6.07, 6.45) is 0. The molecular weight excluding hydrogens is 455 g/mol. The molecule has 2 aromatic rings. The normalized spacial score (nSPS) is 12.5. The van der Waals surface area contributed by atoms with Gasteiger partial charge in [0.2, 0.25) is 0 Å². The summed E-state index contributed by atoms with van der Waals surface area (Å²) < 4.78 is 15.7. The second-order valence-electron chi connectivity index (χ2n) is 4.51. The Labute approximate surface area is 145 Å². The first-order valence-electron chi connectivity index (χ1n) is 6.01. The van der Waals surface area contributed by atoms with Gasteiger partial charge in [0.1, 0.15) is 5.82 Å². The molecule has 2 rings (SSSR count). The van der Waals surface area contributed by atoms with Crippen molar-refractivity contribution in [3.05, 3.63) is 65.9 Å². The van der Waals surface area contributed by atoms with E-state index in [9.17, 15) is 4.39 Å². The maximum absolute atomic E-state index is 13.6. The van der Waals surface area contributed by atoms with Crippen LogP contribution in [0.1, 0.15) is 22.7 Å². The van der Waals surface area contributed by atoms with Crippen molar-refractivity contribution >= 4 is 50.1 Å². The van der Waals surface area contributed by atoms with Crippen molar-refractivity contribution in [2.75, 3.05) is 7.05 Å². The molecule has 0 fully saturated rings. The molecule has 1 nitrogen and oxygen atoms in total. The zero-order valence-corrected chi connectivity index (χ0v) is 15.5. The van der Waals surface area contributed by atoms with Crippen LogP contribution in [0.3, 0.4) is 0 Å². The van der Waals surface area contributed by atoms with Gasteiger partial charge in [-0.1, -0.05) is 27.5 Å². The molecular formula is C15H13BrClFIN. The fraction of sp³-hybridized carbons (Fsp3) is 0.200. The summed E-state index contributed by atoms with van der Waals surface area (Å²) in [6, 6.07) is 9.19. The molecule has 0 saturated carbocycles. The van der Waals surface area contributed by atoms with Crippen LogP contribution in [-0.4, -0.2) is 7.05 Å². The Kier molecular flexibility index (Phi) is 5.45. The highest BCUT2D eigenvalue weighted by molar-refractivity contribution is 14.1. The first-order valence-corrected chi connectivity index (χ1v) is 8.26. The van der Waals surface area contributed by atoms with E-state index in [4.69, 9.17) is 11.6 Å². The molecule has 0 bridgehead atoms. The average molecular weight is 469 g/mol. The van der Waals surface area contributed by atoms with Crippen molar-refractivity contribution in [1.29, 1.82) is 0 Å². The van der Waals surface area contributed by atoms with Gasteiger partial charge in [-0.25, -0.2) is 4.39 Å². The molecule has 0 amide bonds. The van der Waals surface area contributed by atoms with Crippen LogP contribution in [0.15, 0.2) is 34.8 Å². The van der Waals surface area contributed by atoms with Crippen LogP contribution in [0.2, 0.25) is 5.02 Å². The van der Waals surface area contributed by atoms with E-state index < -0.39 is 0 Å². The SMILES string of the molecule is CNC(c1cc(C)c(F)cc1Cl)c1cc(I)ccc1Br. The summed E-state index contributed by atoms with van der Waals surface area (Å²) in [5.74, 6) is -0.282. The summed E-state index contributed by atoms with van der Waals surface area (Å²) >= 11 is 12.1.